The molecule has 0 spiro atoms. The smallest absolute Gasteiger partial charge is 0.415 e. The maximum atomic E-state index is 13.4. The number of rotatable bonds is 5. The van der Waals surface area contributed by atoms with Crippen LogP contribution in [0.4, 0.5) is 13.2 Å². The number of fused-ring (bicyclic) bond motifs is 1. The molecule has 1 aromatic carbocycles. The average Bonchev–Trinajstić information content (AvgIpc) is 2.63. The van der Waals surface area contributed by atoms with Crippen LogP contribution in [-0.4, -0.2) is 54.9 Å². The number of hydrogen-bond acceptors (Lipinski definition) is 6. The van der Waals surface area contributed by atoms with Gasteiger partial charge in [-0.05, 0) is 5.56 Å². The van der Waals surface area contributed by atoms with Gasteiger partial charge in [0.25, 0.3) is 5.91 Å². The Morgan fingerprint density at radius 2 is 1.93 bits per heavy atom. The zero-order chi connectivity index (χ0) is 20.7. The van der Waals surface area contributed by atoms with Crippen molar-refractivity contribution in [3.05, 3.63) is 47.2 Å². The standard InChI is InChI=1S/C16H13F3N2O6S/c17-16(18,19)10-7-28(25,26)14-11(20-8-22)13(23)21(14)12(10)15(24)27-6-9-4-2-1-3-5-9/h1-5,8,11,14H,6-7H2,(H,20,22)/t11-,14?/m0/s1. The number of carbonyl (C=O) groups excluding carboxylic acids is 3. The summed E-state index contributed by atoms with van der Waals surface area (Å²) in [7, 11) is -4.50. The van der Waals surface area contributed by atoms with Crippen LogP contribution < -0.4 is 5.32 Å². The second-order valence-corrected chi connectivity index (χ2v) is 8.15. The minimum absolute atomic E-state index is 0.0613. The van der Waals surface area contributed by atoms with E-state index in [1.807, 2.05) is 5.32 Å². The predicted molar refractivity (Wildman–Crippen MR) is 86.7 cm³/mol. The van der Waals surface area contributed by atoms with Crippen molar-refractivity contribution >= 4 is 28.1 Å². The van der Waals surface area contributed by atoms with Gasteiger partial charge in [-0.2, -0.15) is 13.2 Å². The fraction of sp³-hybridized carbons (Fsp3) is 0.312. The van der Waals surface area contributed by atoms with Gasteiger partial charge in [0.15, 0.2) is 15.2 Å². The summed E-state index contributed by atoms with van der Waals surface area (Å²) < 4.78 is 69.6. The van der Waals surface area contributed by atoms with Gasteiger partial charge in [0.05, 0.1) is 11.3 Å². The molecule has 2 aliphatic heterocycles. The molecule has 1 N–H and O–H groups in total. The van der Waals surface area contributed by atoms with Crippen molar-refractivity contribution in [2.45, 2.75) is 24.2 Å². The minimum Gasteiger partial charge on any atom is -0.456 e. The Hall–Kier alpha value is -2.89. The molecular formula is C16H13F3N2O6S. The number of sulfone groups is 1. The highest BCUT2D eigenvalue weighted by Gasteiger charge is 2.63. The van der Waals surface area contributed by atoms with Crippen molar-refractivity contribution in [2.75, 3.05) is 5.75 Å². The van der Waals surface area contributed by atoms with E-state index in [1.54, 1.807) is 30.3 Å². The molecule has 150 valence electrons. The molecule has 1 saturated heterocycles. The number of hydrogen-bond donors (Lipinski definition) is 1. The number of nitrogens with zero attached hydrogens (tertiary/aromatic N) is 1. The molecule has 1 aromatic rings. The third kappa shape index (κ3) is 3.35. The summed E-state index contributed by atoms with van der Waals surface area (Å²) in [6.45, 7) is -0.371. The molecule has 0 saturated carbocycles. The van der Waals surface area contributed by atoms with Crippen LogP contribution >= 0.6 is 0 Å². The lowest BCUT2D eigenvalue weighted by Gasteiger charge is -2.48. The Labute approximate surface area is 156 Å². The minimum atomic E-state index is -5.18. The van der Waals surface area contributed by atoms with Crippen molar-refractivity contribution in [2.24, 2.45) is 0 Å². The fourth-order valence-electron chi connectivity index (χ4n) is 3.03. The number of ether oxygens (including phenoxy) is 1. The Bertz CT molecular complexity index is 958. The number of benzene rings is 1. The molecule has 0 radical (unpaired) electrons. The van der Waals surface area contributed by atoms with Gasteiger partial charge in [0.2, 0.25) is 6.41 Å². The lowest BCUT2D eigenvalue weighted by atomic mass is 10.0. The fourth-order valence-corrected chi connectivity index (χ4v) is 5.04. The summed E-state index contributed by atoms with van der Waals surface area (Å²) in [6.07, 6.45) is -5.12. The molecule has 8 nitrogen and oxygen atoms in total. The number of nitrogens with one attached hydrogen (secondary N) is 1. The first-order chi connectivity index (χ1) is 13.1. The van der Waals surface area contributed by atoms with E-state index in [2.05, 4.69) is 0 Å². The highest BCUT2D eigenvalue weighted by atomic mass is 32.2. The first-order valence-corrected chi connectivity index (χ1v) is 9.55. The van der Waals surface area contributed by atoms with Gasteiger partial charge in [0.1, 0.15) is 18.3 Å². The SMILES string of the molecule is O=CN[C@H]1C(=O)N2C(C(=O)OCc3ccccc3)=C(C(F)(F)F)CS(=O)(=O)C12. The van der Waals surface area contributed by atoms with Crippen LogP contribution in [0.5, 0.6) is 0 Å². The van der Waals surface area contributed by atoms with Crippen LogP contribution in [0, 0.1) is 0 Å². The van der Waals surface area contributed by atoms with Crippen LogP contribution in [0.1, 0.15) is 5.56 Å². The highest BCUT2D eigenvalue weighted by molar-refractivity contribution is 7.92. The number of alkyl halides is 3. The number of carbonyl (C=O) groups is 3. The Balaban J connectivity index is 1.98. The predicted octanol–water partition coefficient (Wildman–Crippen LogP) is 0.257. The average molecular weight is 418 g/mol. The molecule has 0 aromatic heterocycles. The molecule has 1 unspecified atom stereocenters. The number of amides is 2. The quantitative estimate of drug-likeness (QED) is 0.417. The van der Waals surface area contributed by atoms with E-state index in [1.165, 1.54) is 0 Å². The Morgan fingerprint density at radius 3 is 2.50 bits per heavy atom. The molecule has 2 aliphatic rings. The maximum Gasteiger partial charge on any atom is 0.415 e. The molecule has 12 heteroatoms. The lowest BCUT2D eigenvalue weighted by Crippen LogP contribution is -2.74. The van der Waals surface area contributed by atoms with Gasteiger partial charge >= 0.3 is 12.1 Å². The van der Waals surface area contributed by atoms with Crippen LogP contribution in [0.2, 0.25) is 0 Å². The van der Waals surface area contributed by atoms with E-state index in [-0.39, 0.29) is 17.9 Å². The summed E-state index contributed by atoms with van der Waals surface area (Å²) in [5, 5.41) is 0.155. The van der Waals surface area contributed by atoms with Gasteiger partial charge in [0, 0.05) is 0 Å². The van der Waals surface area contributed by atoms with Gasteiger partial charge in [-0.3, -0.25) is 14.5 Å². The molecular weight excluding hydrogens is 405 g/mol. The first kappa shape index (κ1) is 19.9. The summed E-state index contributed by atoms with van der Waals surface area (Å²) in [6, 6.07) is 6.52. The molecule has 2 atom stereocenters. The summed E-state index contributed by atoms with van der Waals surface area (Å²) >= 11 is 0. The molecule has 2 amide bonds. The number of β-lactam (4-membered cyclic amide) rings is 1. The lowest BCUT2D eigenvalue weighted by molar-refractivity contribution is -0.155. The van der Waals surface area contributed by atoms with Crippen LogP contribution in [-0.2, 0) is 35.6 Å². The highest BCUT2D eigenvalue weighted by Crippen LogP contribution is 2.42. The van der Waals surface area contributed by atoms with Gasteiger partial charge in [-0.15, -0.1) is 0 Å². The Morgan fingerprint density at radius 1 is 1.29 bits per heavy atom. The van der Waals surface area contributed by atoms with E-state index in [4.69, 9.17) is 4.74 Å². The third-order valence-corrected chi connectivity index (χ3v) is 6.19. The second kappa shape index (κ2) is 6.93. The number of esters is 1. The molecule has 2 heterocycles. The molecule has 0 aliphatic carbocycles. The van der Waals surface area contributed by atoms with E-state index in [0.717, 1.165) is 0 Å². The van der Waals surface area contributed by atoms with E-state index in [0.29, 0.717) is 5.56 Å². The van der Waals surface area contributed by atoms with Crippen molar-refractivity contribution in [1.82, 2.24) is 10.2 Å². The van der Waals surface area contributed by atoms with Gasteiger partial charge in [-0.25, -0.2) is 13.2 Å². The molecule has 0 bridgehead atoms. The summed E-state index contributed by atoms with van der Waals surface area (Å²) in [5.41, 5.74) is -2.36. The maximum absolute atomic E-state index is 13.4. The van der Waals surface area contributed by atoms with Crippen molar-refractivity contribution in [1.29, 1.82) is 0 Å². The zero-order valence-electron chi connectivity index (χ0n) is 14.0. The summed E-state index contributed by atoms with van der Waals surface area (Å²) in [5.74, 6) is -4.12. The van der Waals surface area contributed by atoms with E-state index in [9.17, 15) is 36.0 Å². The van der Waals surface area contributed by atoms with Crippen LogP contribution in [0.25, 0.3) is 0 Å². The molecule has 1 fully saturated rings. The van der Waals surface area contributed by atoms with E-state index < -0.39 is 56.3 Å². The monoisotopic (exact) mass is 418 g/mol. The van der Waals surface area contributed by atoms with E-state index >= 15 is 0 Å². The Kier molecular flexibility index (Phi) is 4.91. The van der Waals surface area contributed by atoms with Crippen LogP contribution in [0.3, 0.4) is 0 Å². The van der Waals surface area contributed by atoms with Gasteiger partial charge < -0.3 is 10.1 Å². The third-order valence-electron chi connectivity index (χ3n) is 4.28. The largest absolute Gasteiger partial charge is 0.456 e. The molecule has 3 rings (SSSR count). The summed E-state index contributed by atoms with van der Waals surface area (Å²) in [4.78, 5) is 35.4. The number of halogens is 3. The topological polar surface area (TPSA) is 110 Å². The van der Waals surface area contributed by atoms with Crippen molar-refractivity contribution in [3.8, 4) is 0 Å². The normalized spacial score (nSPS) is 23.5. The zero-order valence-corrected chi connectivity index (χ0v) is 14.8. The van der Waals surface area contributed by atoms with Crippen molar-refractivity contribution in [3.63, 3.8) is 0 Å². The van der Waals surface area contributed by atoms with Gasteiger partial charge in [-0.1, -0.05) is 30.3 Å². The van der Waals surface area contributed by atoms with Crippen molar-refractivity contribution < 1.29 is 40.7 Å². The first-order valence-electron chi connectivity index (χ1n) is 7.83. The molecule has 28 heavy (non-hydrogen) atoms. The van der Waals surface area contributed by atoms with Crippen LogP contribution in [0.15, 0.2) is 41.6 Å². The second-order valence-electron chi connectivity index (χ2n) is 6.05.